The van der Waals surface area contributed by atoms with Crippen LogP contribution < -0.4 is 16.4 Å². The molecule has 3 amide bonds. The molecule has 0 aliphatic heterocycles. The van der Waals surface area contributed by atoms with Crippen molar-refractivity contribution in [2.75, 3.05) is 6.61 Å². The van der Waals surface area contributed by atoms with Gasteiger partial charge in [0.25, 0.3) is 5.69 Å². The number of nitro groups is 1. The summed E-state index contributed by atoms with van der Waals surface area (Å²) in [6.45, 7) is 6.74. The lowest BCUT2D eigenvalue weighted by atomic mass is 9.87. The Morgan fingerprint density at radius 1 is 1.12 bits per heavy atom. The van der Waals surface area contributed by atoms with Crippen LogP contribution in [0.4, 0.5) is 5.69 Å². The van der Waals surface area contributed by atoms with Crippen molar-refractivity contribution in [1.29, 1.82) is 0 Å². The van der Waals surface area contributed by atoms with Crippen LogP contribution in [0.15, 0.2) is 24.3 Å². The van der Waals surface area contributed by atoms with Gasteiger partial charge in [0, 0.05) is 25.0 Å². The molecule has 0 aromatic heterocycles. The summed E-state index contributed by atoms with van der Waals surface area (Å²) in [7, 11) is 0. The fourth-order valence-corrected chi connectivity index (χ4v) is 3.24. The predicted molar refractivity (Wildman–Crippen MR) is 115 cm³/mol. The van der Waals surface area contributed by atoms with Crippen molar-refractivity contribution in [3.63, 3.8) is 0 Å². The molecule has 0 aliphatic carbocycles. The van der Waals surface area contributed by atoms with Crippen LogP contribution in [0.1, 0.15) is 52.0 Å². The Labute approximate surface area is 186 Å². The van der Waals surface area contributed by atoms with Gasteiger partial charge in [0.15, 0.2) is 0 Å². The molecule has 0 bridgehead atoms. The van der Waals surface area contributed by atoms with E-state index in [1.165, 1.54) is 31.2 Å². The van der Waals surface area contributed by atoms with Crippen LogP contribution in [0, 0.1) is 16.0 Å². The van der Waals surface area contributed by atoms with Gasteiger partial charge in [0.2, 0.25) is 17.7 Å². The monoisotopic (exact) mass is 450 g/mol. The van der Waals surface area contributed by atoms with E-state index in [9.17, 15) is 29.3 Å². The van der Waals surface area contributed by atoms with Crippen molar-refractivity contribution in [2.45, 2.75) is 58.5 Å². The zero-order valence-electron chi connectivity index (χ0n) is 18.6. The molecule has 0 saturated heterocycles. The van der Waals surface area contributed by atoms with Gasteiger partial charge in [-0.2, -0.15) is 0 Å². The van der Waals surface area contributed by atoms with Crippen LogP contribution in [-0.2, 0) is 23.9 Å². The van der Waals surface area contributed by atoms with Crippen LogP contribution >= 0.6 is 0 Å². The summed E-state index contributed by atoms with van der Waals surface area (Å²) in [6.07, 6.45) is 0.0193. The summed E-state index contributed by atoms with van der Waals surface area (Å²) in [5, 5.41) is 16.0. The third kappa shape index (κ3) is 8.32. The molecule has 11 heteroatoms. The average molecular weight is 450 g/mol. The second-order valence-electron chi connectivity index (χ2n) is 7.74. The number of carbonyl (C=O) groups is 4. The van der Waals surface area contributed by atoms with E-state index in [4.69, 9.17) is 10.5 Å². The second-order valence-corrected chi connectivity index (χ2v) is 7.74. The number of rotatable bonds is 12. The molecule has 0 fully saturated rings. The molecule has 0 aliphatic rings. The van der Waals surface area contributed by atoms with Gasteiger partial charge < -0.3 is 21.1 Å². The van der Waals surface area contributed by atoms with E-state index >= 15 is 0 Å². The molecule has 0 spiro atoms. The molecule has 1 rings (SSSR count). The van der Waals surface area contributed by atoms with Gasteiger partial charge in [0.1, 0.15) is 12.1 Å². The molecule has 0 saturated carbocycles. The van der Waals surface area contributed by atoms with E-state index in [0.29, 0.717) is 12.0 Å². The van der Waals surface area contributed by atoms with E-state index in [1.54, 1.807) is 6.92 Å². The summed E-state index contributed by atoms with van der Waals surface area (Å²) >= 11 is 0. The maximum atomic E-state index is 12.9. The number of hydrogen-bond acceptors (Lipinski definition) is 7. The van der Waals surface area contributed by atoms with Crippen molar-refractivity contribution >= 4 is 29.4 Å². The van der Waals surface area contributed by atoms with Gasteiger partial charge in [-0.25, -0.2) is 0 Å². The number of nitro benzene ring substituents is 1. The molecule has 11 nitrogen and oxygen atoms in total. The average Bonchev–Trinajstić information content (AvgIpc) is 2.69. The zero-order chi connectivity index (χ0) is 24.4. The molecule has 4 N–H and O–H groups in total. The molecule has 0 heterocycles. The highest BCUT2D eigenvalue weighted by atomic mass is 16.6. The quantitative estimate of drug-likeness (QED) is 0.243. The lowest BCUT2D eigenvalue weighted by molar-refractivity contribution is -0.384. The third-order valence-corrected chi connectivity index (χ3v) is 4.63. The number of carbonyl (C=O) groups excluding carboxylic acids is 4. The Balaban J connectivity index is 3.28. The standard InChI is InChI=1S/C21H30N4O7/c1-5-32-18(27)11-16(14-6-8-15(9-7-14)25(30)31)19(20(22)28)24-21(29)17(10-12(2)3)23-13(4)26/h6-9,12,16-17,19H,5,10-11H2,1-4H3,(H2,22,28)(H,23,26)(H,24,29)/t16-,17+,19+/m1/s1. The molecule has 0 radical (unpaired) electrons. The van der Waals surface area contributed by atoms with Crippen LogP contribution in [0.3, 0.4) is 0 Å². The largest absolute Gasteiger partial charge is 0.466 e. The molecule has 32 heavy (non-hydrogen) atoms. The van der Waals surface area contributed by atoms with Crippen molar-refractivity contribution in [1.82, 2.24) is 10.6 Å². The summed E-state index contributed by atoms with van der Waals surface area (Å²) in [5.74, 6) is -3.45. The number of ether oxygens (including phenoxy) is 1. The Morgan fingerprint density at radius 3 is 2.16 bits per heavy atom. The van der Waals surface area contributed by atoms with Crippen molar-refractivity contribution < 1.29 is 28.8 Å². The first-order chi connectivity index (χ1) is 15.0. The third-order valence-electron chi connectivity index (χ3n) is 4.63. The predicted octanol–water partition coefficient (Wildman–Crippen LogP) is 1.15. The molecule has 3 atom stereocenters. The number of benzene rings is 1. The number of nitrogens with zero attached hydrogens (tertiary/aromatic N) is 1. The fraction of sp³-hybridized carbons (Fsp3) is 0.524. The number of esters is 1. The minimum Gasteiger partial charge on any atom is -0.466 e. The Bertz CT molecular complexity index is 839. The maximum absolute atomic E-state index is 12.9. The topological polar surface area (TPSA) is 171 Å². The first kappa shape index (κ1) is 26.5. The van der Waals surface area contributed by atoms with Crippen LogP contribution in [0.2, 0.25) is 0 Å². The van der Waals surface area contributed by atoms with Crippen LogP contribution in [0.25, 0.3) is 0 Å². The first-order valence-electron chi connectivity index (χ1n) is 10.2. The molecule has 176 valence electrons. The molecular weight excluding hydrogens is 420 g/mol. The zero-order valence-corrected chi connectivity index (χ0v) is 18.6. The highest BCUT2D eigenvalue weighted by Crippen LogP contribution is 2.27. The van der Waals surface area contributed by atoms with E-state index < -0.39 is 46.6 Å². The maximum Gasteiger partial charge on any atom is 0.306 e. The Hall–Kier alpha value is -3.50. The van der Waals surface area contributed by atoms with E-state index in [1.807, 2.05) is 13.8 Å². The first-order valence-corrected chi connectivity index (χ1v) is 10.2. The molecular formula is C21H30N4O7. The number of nitrogens with two attached hydrogens (primary N) is 1. The van der Waals surface area contributed by atoms with Gasteiger partial charge in [-0.1, -0.05) is 26.0 Å². The minimum atomic E-state index is -1.32. The summed E-state index contributed by atoms with van der Waals surface area (Å²) < 4.78 is 4.97. The van der Waals surface area contributed by atoms with Crippen molar-refractivity contribution in [3.8, 4) is 0 Å². The van der Waals surface area contributed by atoms with Gasteiger partial charge in [-0.15, -0.1) is 0 Å². The summed E-state index contributed by atoms with van der Waals surface area (Å²) in [4.78, 5) is 59.2. The van der Waals surface area contributed by atoms with Crippen LogP contribution in [0.5, 0.6) is 0 Å². The Kier molecular flexibility index (Phi) is 10.3. The van der Waals surface area contributed by atoms with Crippen molar-refractivity contribution in [3.05, 3.63) is 39.9 Å². The van der Waals surface area contributed by atoms with E-state index in [0.717, 1.165) is 0 Å². The van der Waals surface area contributed by atoms with Crippen LogP contribution in [-0.4, -0.2) is 47.3 Å². The number of hydrogen-bond donors (Lipinski definition) is 3. The highest BCUT2D eigenvalue weighted by molar-refractivity contribution is 5.92. The highest BCUT2D eigenvalue weighted by Gasteiger charge is 2.34. The Morgan fingerprint density at radius 2 is 1.72 bits per heavy atom. The smallest absolute Gasteiger partial charge is 0.306 e. The lowest BCUT2D eigenvalue weighted by Crippen LogP contribution is -2.55. The van der Waals surface area contributed by atoms with Gasteiger partial charge >= 0.3 is 5.97 Å². The van der Waals surface area contributed by atoms with Gasteiger partial charge in [0.05, 0.1) is 18.0 Å². The minimum absolute atomic E-state index is 0.0645. The molecule has 1 aromatic carbocycles. The summed E-state index contributed by atoms with van der Waals surface area (Å²) in [6, 6.07) is 3.01. The number of primary amides is 1. The molecule has 1 aromatic rings. The fourth-order valence-electron chi connectivity index (χ4n) is 3.24. The SMILES string of the molecule is CCOC(=O)C[C@H](c1ccc([N+](=O)[O-])cc1)[C@H](NC(=O)[C@H](CC(C)C)NC(C)=O)C(N)=O. The normalized spacial score (nSPS) is 13.5. The number of non-ortho nitro benzene ring substituents is 1. The van der Waals surface area contributed by atoms with Gasteiger partial charge in [-0.05, 0) is 24.8 Å². The van der Waals surface area contributed by atoms with Gasteiger partial charge in [-0.3, -0.25) is 29.3 Å². The molecule has 0 unspecified atom stereocenters. The lowest BCUT2D eigenvalue weighted by Gasteiger charge is -2.28. The number of nitrogens with one attached hydrogen (secondary N) is 2. The van der Waals surface area contributed by atoms with Crippen molar-refractivity contribution in [2.24, 2.45) is 11.7 Å². The number of amides is 3. The summed E-state index contributed by atoms with van der Waals surface area (Å²) in [5.41, 5.74) is 5.76. The second kappa shape index (κ2) is 12.4. The van der Waals surface area contributed by atoms with E-state index in [2.05, 4.69) is 10.6 Å². The van der Waals surface area contributed by atoms with E-state index in [-0.39, 0.29) is 24.6 Å².